The van der Waals surface area contributed by atoms with Gasteiger partial charge in [0.25, 0.3) is 0 Å². The Morgan fingerprint density at radius 1 is 1.21 bits per heavy atom. The SMILES string of the molecule is CCNC(=NCC1CCOC1c1ccccc1)N1CCC(CC(=O)NC)CC1.I. The topological polar surface area (TPSA) is 66.0 Å². The van der Waals surface area contributed by atoms with Crippen LogP contribution in [0, 0.1) is 11.8 Å². The predicted molar refractivity (Wildman–Crippen MR) is 128 cm³/mol. The van der Waals surface area contributed by atoms with Crippen molar-refractivity contribution < 1.29 is 9.53 Å². The summed E-state index contributed by atoms with van der Waals surface area (Å²) in [6.45, 7) is 6.47. The fourth-order valence-electron chi connectivity index (χ4n) is 4.17. The molecular formula is C22H35IN4O2. The Bertz CT molecular complexity index is 647. The number of guanidine groups is 1. The molecular weight excluding hydrogens is 479 g/mol. The molecule has 0 saturated carbocycles. The van der Waals surface area contributed by atoms with Gasteiger partial charge in [0.05, 0.1) is 6.10 Å². The number of hydrogen-bond donors (Lipinski definition) is 2. The van der Waals surface area contributed by atoms with Crippen LogP contribution in [0.25, 0.3) is 0 Å². The molecule has 2 saturated heterocycles. The van der Waals surface area contributed by atoms with E-state index in [4.69, 9.17) is 9.73 Å². The molecule has 2 aliphatic heterocycles. The first-order valence-corrected chi connectivity index (χ1v) is 10.6. The van der Waals surface area contributed by atoms with Gasteiger partial charge in [-0.3, -0.25) is 9.79 Å². The zero-order valence-corrected chi connectivity index (χ0v) is 19.9. The molecule has 2 unspecified atom stereocenters. The van der Waals surface area contributed by atoms with Crippen LogP contribution in [0.1, 0.15) is 44.3 Å². The van der Waals surface area contributed by atoms with Gasteiger partial charge < -0.3 is 20.3 Å². The molecule has 6 nitrogen and oxygen atoms in total. The zero-order valence-electron chi connectivity index (χ0n) is 17.6. The summed E-state index contributed by atoms with van der Waals surface area (Å²) in [7, 11) is 1.71. The molecule has 0 aliphatic carbocycles. The number of benzene rings is 1. The van der Waals surface area contributed by atoms with Crippen molar-refractivity contribution in [3.8, 4) is 0 Å². The largest absolute Gasteiger partial charge is 0.373 e. The molecule has 0 radical (unpaired) electrons. The fourth-order valence-corrected chi connectivity index (χ4v) is 4.17. The minimum atomic E-state index is 0. The standard InChI is InChI=1S/C22H34N4O2.HI/c1-3-24-22(26-12-9-17(10-13-26)15-20(27)23-2)25-16-19-11-14-28-21(19)18-7-5-4-6-8-18;/h4-8,17,19,21H,3,9-16H2,1-2H3,(H,23,27)(H,24,25);1H. The van der Waals surface area contributed by atoms with Gasteiger partial charge in [0, 0.05) is 52.2 Å². The number of aliphatic imine (C=N–C) groups is 1. The smallest absolute Gasteiger partial charge is 0.220 e. The van der Waals surface area contributed by atoms with E-state index in [-0.39, 0.29) is 36.0 Å². The van der Waals surface area contributed by atoms with Crippen molar-refractivity contribution in [3.63, 3.8) is 0 Å². The van der Waals surface area contributed by atoms with Crippen LogP contribution in [0.2, 0.25) is 0 Å². The zero-order chi connectivity index (χ0) is 19.8. The van der Waals surface area contributed by atoms with Gasteiger partial charge in [0.2, 0.25) is 5.91 Å². The molecule has 162 valence electrons. The predicted octanol–water partition coefficient (Wildman–Crippen LogP) is 3.20. The number of ether oxygens (including phenoxy) is 1. The summed E-state index contributed by atoms with van der Waals surface area (Å²) in [5.41, 5.74) is 1.25. The van der Waals surface area contributed by atoms with Gasteiger partial charge in [-0.25, -0.2) is 0 Å². The number of rotatable bonds is 6. The minimum absolute atomic E-state index is 0. The van der Waals surface area contributed by atoms with Crippen LogP contribution >= 0.6 is 24.0 Å². The van der Waals surface area contributed by atoms with Crippen LogP contribution in [0.3, 0.4) is 0 Å². The summed E-state index contributed by atoms with van der Waals surface area (Å²) in [6, 6.07) is 10.5. The molecule has 7 heteroatoms. The summed E-state index contributed by atoms with van der Waals surface area (Å²) in [6.07, 6.45) is 3.91. The molecule has 1 aromatic rings. The Morgan fingerprint density at radius 2 is 1.93 bits per heavy atom. The van der Waals surface area contributed by atoms with E-state index < -0.39 is 0 Å². The molecule has 1 aromatic carbocycles. The molecule has 2 fully saturated rings. The quantitative estimate of drug-likeness (QED) is 0.348. The van der Waals surface area contributed by atoms with Crippen molar-refractivity contribution in [1.29, 1.82) is 0 Å². The number of likely N-dealkylation sites (tertiary alicyclic amines) is 1. The van der Waals surface area contributed by atoms with Crippen LogP contribution in [0.15, 0.2) is 35.3 Å². The highest BCUT2D eigenvalue weighted by atomic mass is 127. The molecule has 2 heterocycles. The molecule has 1 amide bonds. The number of hydrogen-bond acceptors (Lipinski definition) is 3. The molecule has 0 aromatic heterocycles. The monoisotopic (exact) mass is 514 g/mol. The van der Waals surface area contributed by atoms with E-state index >= 15 is 0 Å². The normalized spacial score (nSPS) is 22.8. The lowest BCUT2D eigenvalue weighted by atomic mass is 9.93. The molecule has 2 atom stereocenters. The average Bonchev–Trinajstić information content (AvgIpc) is 3.21. The molecule has 3 rings (SSSR count). The van der Waals surface area contributed by atoms with Crippen molar-refractivity contribution in [1.82, 2.24) is 15.5 Å². The lowest BCUT2D eigenvalue weighted by molar-refractivity contribution is -0.121. The number of nitrogens with one attached hydrogen (secondary N) is 2. The first kappa shape index (κ1) is 23.9. The van der Waals surface area contributed by atoms with E-state index in [1.807, 2.05) is 6.07 Å². The van der Waals surface area contributed by atoms with E-state index in [0.29, 0.717) is 18.3 Å². The number of amides is 1. The highest BCUT2D eigenvalue weighted by molar-refractivity contribution is 14.0. The Kier molecular flexibility index (Phi) is 10.2. The van der Waals surface area contributed by atoms with Gasteiger partial charge in [-0.2, -0.15) is 0 Å². The second-order valence-electron chi connectivity index (χ2n) is 7.75. The highest BCUT2D eigenvalue weighted by Gasteiger charge is 2.30. The third-order valence-corrected chi connectivity index (χ3v) is 5.82. The molecule has 0 bridgehead atoms. The Labute approximate surface area is 191 Å². The van der Waals surface area contributed by atoms with Crippen LogP contribution in [-0.2, 0) is 9.53 Å². The molecule has 29 heavy (non-hydrogen) atoms. The maximum atomic E-state index is 11.6. The van der Waals surface area contributed by atoms with Gasteiger partial charge in [-0.1, -0.05) is 30.3 Å². The van der Waals surface area contributed by atoms with Crippen molar-refractivity contribution >= 4 is 35.8 Å². The molecule has 2 N–H and O–H groups in total. The summed E-state index contributed by atoms with van der Waals surface area (Å²) in [5, 5.41) is 6.19. The summed E-state index contributed by atoms with van der Waals surface area (Å²) >= 11 is 0. The Hall–Kier alpha value is -1.35. The van der Waals surface area contributed by atoms with E-state index in [1.165, 1.54) is 5.56 Å². The Morgan fingerprint density at radius 3 is 2.59 bits per heavy atom. The van der Waals surface area contributed by atoms with Crippen molar-refractivity contribution in [2.45, 2.75) is 38.7 Å². The maximum absolute atomic E-state index is 11.6. The van der Waals surface area contributed by atoms with Gasteiger partial charge >= 0.3 is 0 Å². The third-order valence-electron chi connectivity index (χ3n) is 5.82. The van der Waals surface area contributed by atoms with Crippen molar-refractivity contribution in [2.75, 3.05) is 39.8 Å². The second-order valence-corrected chi connectivity index (χ2v) is 7.75. The lowest BCUT2D eigenvalue weighted by Gasteiger charge is -2.34. The average molecular weight is 514 g/mol. The minimum Gasteiger partial charge on any atom is -0.373 e. The van der Waals surface area contributed by atoms with Gasteiger partial charge in [0.15, 0.2) is 5.96 Å². The van der Waals surface area contributed by atoms with E-state index in [1.54, 1.807) is 7.05 Å². The van der Waals surface area contributed by atoms with Gasteiger partial charge in [-0.15, -0.1) is 24.0 Å². The molecule has 2 aliphatic rings. The first-order chi connectivity index (χ1) is 13.7. The van der Waals surface area contributed by atoms with Crippen LogP contribution in [0.5, 0.6) is 0 Å². The second kappa shape index (κ2) is 12.4. The van der Waals surface area contributed by atoms with Crippen LogP contribution < -0.4 is 10.6 Å². The fraction of sp³-hybridized carbons (Fsp3) is 0.636. The number of piperidine rings is 1. The molecule has 0 spiro atoms. The third kappa shape index (κ3) is 6.84. The summed E-state index contributed by atoms with van der Waals surface area (Å²) < 4.78 is 6.01. The summed E-state index contributed by atoms with van der Waals surface area (Å²) in [5.74, 6) is 2.04. The van der Waals surface area contributed by atoms with Crippen molar-refractivity contribution in [3.05, 3.63) is 35.9 Å². The van der Waals surface area contributed by atoms with E-state index in [2.05, 4.69) is 46.7 Å². The highest BCUT2D eigenvalue weighted by Crippen LogP contribution is 2.34. The van der Waals surface area contributed by atoms with Crippen LogP contribution in [-0.4, -0.2) is 56.6 Å². The summed E-state index contributed by atoms with van der Waals surface area (Å²) in [4.78, 5) is 18.9. The van der Waals surface area contributed by atoms with E-state index in [9.17, 15) is 4.79 Å². The number of carbonyl (C=O) groups excluding carboxylic acids is 1. The number of halogens is 1. The van der Waals surface area contributed by atoms with Gasteiger partial charge in [-0.05, 0) is 37.7 Å². The lowest BCUT2D eigenvalue weighted by Crippen LogP contribution is -2.46. The van der Waals surface area contributed by atoms with Crippen molar-refractivity contribution in [2.24, 2.45) is 16.8 Å². The number of nitrogens with zero attached hydrogens (tertiary/aromatic N) is 2. The maximum Gasteiger partial charge on any atom is 0.220 e. The first-order valence-electron chi connectivity index (χ1n) is 10.6. The van der Waals surface area contributed by atoms with Gasteiger partial charge in [0.1, 0.15) is 0 Å². The number of carbonyl (C=O) groups is 1. The van der Waals surface area contributed by atoms with E-state index in [0.717, 1.165) is 58.0 Å². The Balaban J connectivity index is 0.00000300. The van der Waals surface area contributed by atoms with Crippen LogP contribution in [0.4, 0.5) is 0 Å².